The minimum absolute atomic E-state index is 0.0279. The molecule has 0 radical (unpaired) electrons. The van der Waals surface area contributed by atoms with Gasteiger partial charge in [0.2, 0.25) is 5.91 Å². The lowest BCUT2D eigenvalue weighted by Gasteiger charge is -2.37. The fourth-order valence-electron chi connectivity index (χ4n) is 6.68. The predicted octanol–water partition coefficient (Wildman–Crippen LogP) is 4.36. The van der Waals surface area contributed by atoms with E-state index in [0.29, 0.717) is 28.2 Å². The van der Waals surface area contributed by atoms with E-state index in [1.54, 1.807) is 49.4 Å². The van der Waals surface area contributed by atoms with Crippen molar-refractivity contribution in [3.8, 4) is 11.5 Å². The van der Waals surface area contributed by atoms with Gasteiger partial charge in [-0.15, -0.1) is 0 Å². The molecule has 1 fully saturated rings. The summed E-state index contributed by atoms with van der Waals surface area (Å²) in [7, 11) is 3.24. The number of nitrogens with one attached hydrogen (secondary N) is 2. The van der Waals surface area contributed by atoms with E-state index in [2.05, 4.69) is 25.6 Å². The number of fused-ring (bicyclic) bond motifs is 1. The number of hydrogen-bond acceptors (Lipinski definition) is 11. The highest BCUT2D eigenvalue weighted by Crippen LogP contribution is 2.43. The van der Waals surface area contributed by atoms with Gasteiger partial charge in [0.1, 0.15) is 42.4 Å². The van der Waals surface area contributed by atoms with Crippen molar-refractivity contribution in [1.29, 1.82) is 0 Å². The number of benzene rings is 4. The Morgan fingerprint density at radius 3 is 2.11 bits per heavy atom. The average molecular weight is 745 g/mol. The molecule has 1 aliphatic rings. The zero-order chi connectivity index (χ0) is 38.4. The van der Waals surface area contributed by atoms with Crippen molar-refractivity contribution in [2.45, 2.75) is 37.0 Å². The van der Waals surface area contributed by atoms with E-state index in [1.165, 1.54) is 6.33 Å². The minimum Gasteiger partial charge on any atom is -0.497 e. The van der Waals surface area contributed by atoms with E-state index in [0.717, 1.165) is 22.3 Å². The fourth-order valence-corrected chi connectivity index (χ4v) is 6.68. The number of amides is 2. The second-order valence-electron chi connectivity index (χ2n) is 12.9. The molecule has 7 rings (SSSR count). The molecule has 6 aromatic rings. The summed E-state index contributed by atoms with van der Waals surface area (Å²) in [4.78, 5) is 37.7. The van der Waals surface area contributed by atoms with Crippen molar-refractivity contribution in [1.82, 2.24) is 24.8 Å². The lowest BCUT2D eigenvalue weighted by molar-refractivity contribution is -0.123. The summed E-state index contributed by atoms with van der Waals surface area (Å²) in [5.74, 6) is 0.706. The monoisotopic (exact) mass is 744 g/mol. The molecule has 2 amide bonds. The van der Waals surface area contributed by atoms with Gasteiger partial charge in [-0.1, -0.05) is 66.7 Å². The molecule has 55 heavy (non-hydrogen) atoms. The van der Waals surface area contributed by atoms with Crippen molar-refractivity contribution < 1.29 is 38.7 Å². The summed E-state index contributed by atoms with van der Waals surface area (Å²) in [6, 6.07) is 32.0. The number of methoxy groups -OCH3 is 2. The van der Waals surface area contributed by atoms with Gasteiger partial charge < -0.3 is 39.8 Å². The van der Waals surface area contributed by atoms with E-state index < -0.39 is 42.5 Å². The molecular weight excluding hydrogens is 704 g/mol. The van der Waals surface area contributed by atoms with Gasteiger partial charge in [0.25, 0.3) is 5.91 Å². The first-order valence-corrected chi connectivity index (χ1v) is 17.6. The molecule has 0 bridgehead atoms. The van der Waals surface area contributed by atoms with E-state index in [4.69, 9.17) is 24.1 Å². The summed E-state index contributed by atoms with van der Waals surface area (Å²) in [6.45, 7) is -0.353. The standard InChI is InChI=1S/C41H40N6O8/c1-52-31-16-12-29(13-17-31)41(28-6-4-3-5-7-28,30-14-18-32(53-2)19-15-30)54-23-34-33(49)20-36(55-34)47-25-45-37-38(43-24-44-39(37)47)46-40(51)27-10-8-26(9-11-27)21-42-35(50)22-48/h3-19,24-25,33-34,36,48-49H,20-23H2,1-2H3,(H,42,50)(H,43,44,46,51)/t33?,34-,36-/m1/s1. The van der Waals surface area contributed by atoms with Crippen LogP contribution in [0.5, 0.6) is 11.5 Å². The highest BCUT2D eigenvalue weighted by molar-refractivity contribution is 6.06. The van der Waals surface area contributed by atoms with Crippen molar-refractivity contribution >= 4 is 28.8 Å². The topological polar surface area (TPSA) is 179 Å². The Hall–Kier alpha value is -6.19. The Balaban J connectivity index is 1.11. The van der Waals surface area contributed by atoms with Crippen LogP contribution in [0.15, 0.2) is 116 Å². The normalized spacial score (nSPS) is 16.8. The Labute approximate surface area is 316 Å². The third kappa shape index (κ3) is 7.75. The van der Waals surface area contributed by atoms with Crippen LogP contribution < -0.4 is 20.1 Å². The smallest absolute Gasteiger partial charge is 0.256 e. The maximum absolute atomic E-state index is 13.2. The molecule has 1 unspecified atom stereocenters. The fraction of sp³-hybridized carbons (Fsp3) is 0.244. The van der Waals surface area contributed by atoms with Gasteiger partial charge in [0, 0.05) is 18.5 Å². The van der Waals surface area contributed by atoms with Crippen LogP contribution in [0.3, 0.4) is 0 Å². The number of carbonyl (C=O) groups is 2. The number of aliphatic hydroxyl groups excluding tert-OH is 2. The molecule has 1 aliphatic heterocycles. The van der Waals surface area contributed by atoms with Crippen molar-refractivity contribution in [3.05, 3.63) is 144 Å². The number of ether oxygens (including phenoxy) is 4. The van der Waals surface area contributed by atoms with Crippen LogP contribution in [0, 0.1) is 0 Å². The van der Waals surface area contributed by atoms with Crippen LogP contribution >= 0.6 is 0 Å². The number of rotatable bonds is 14. The Kier molecular flexibility index (Phi) is 11.1. The SMILES string of the molecule is COc1ccc(C(OC[C@H]2O[C@@H](n3cnc4c(NC(=O)c5ccc(CNC(=O)CO)cc5)ncnc43)CC2O)(c2ccccc2)c2ccc(OC)cc2)cc1. The summed E-state index contributed by atoms with van der Waals surface area (Å²) >= 11 is 0. The molecule has 0 saturated carbocycles. The molecule has 0 aliphatic carbocycles. The number of aromatic nitrogens is 4. The molecule has 3 atom stereocenters. The van der Waals surface area contributed by atoms with Crippen LogP contribution in [-0.2, 0) is 26.4 Å². The van der Waals surface area contributed by atoms with E-state index in [9.17, 15) is 14.7 Å². The van der Waals surface area contributed by atoms with Gasteiger partial charge in [0.05, 0.1) is 33.3 Å². The molecule has 282 valence electrons. The van der Waals surface area contributed by atoms with Crippen molar-refractivity contribution in [2.75, 3.05) is 32.8 Å². The highest BCUT2D eigenvalue weighted by atomic mass is 16.6. The van der Waals surface area contributed by atoms with Crippen LogP contribution in [-0.4, -0.2) is 81.2 Å². The van der Waals surface area contributed by atoms with Gasteiger partial charge in [-0.3, -0.25) is 14.2 Å². The Bertz CT molecular complexity index is 2180. The number of aliphatic hydroxyl groups is 2. The Morgan fingerprint density at radius 2 is 1.49 bits per heavy atom. The molecule has 2 aromatic heterocycles. The molecule has 3 heterocycles. The molecule has 14 heteroatoms. The molecule has 1 saturated heterocycles. The third-order valence-electron chi connectivity index (χ3n) is 9.59. The van der Waals surface area contributed by atoms with Crippen LogP contribution in [0.25, 0.3) is 11.2 Å². The number of nitrogens with zero attached hydrogens (tertiary/aromatic N) is 4. The van der Waals surface area contributed by atoms with Crippen LogP contribution in [0.4, 0.5) is 5.82 Å². The number of hydrogen-bond donors (Lipinski definition) is 4. The second kappa shape index (κ2) is 16.4. The van der Waals surface area contributed by atoms with Gasteiger partial charge in [0.15, 0.2) is 17.0 Å². The van der Waals surface area contributed by atoms with Crippen molar-refractivity contribution in [2.24, 2.45) is 0 Å². The number of imidazole rings is 1. The average Bonchev–Trinajstić information content (AvgIpc) is 3.84. The summed E-state index contributed by atoms with van der Waals surface area (Å²) in [5, 5.41) is 25.7. The van der Waals surface area contributed by atoms with Crippen LogP contribution in [0.2, 0.25) is 0 Å². The lowest BCUT2D eigenvalue weighted by Crippen LogP contribution is -2.38. The third-order valence-corrected chi connectivity index (χ3v) is 9.59. The second-order valence-corrected chi connectivity index (χ2v) is 12.9. The maximum atomic E-state index is 13.2. The summed E-state index contributed by atoms with van der Waals surface area (Å²) in [6.07, 6.45) is 0.867. The molecule has 14 nitrogen and oxygen atoms in total. The molecule has 4 aromatic carbocycles. The molecule has 0 spiro atoms. The maximum Gasteiger partial charge on any atom is 0.256 e. The Morgan fingerprint density at radius 1 is 0.855 bits per heavy atom. The summed E-state index contributed by atoms with van der Waals surface area (Å²) < 4.78 is 26.1. The zero-order valence-corrected chi connectivity index (χ0v) is 30.2. The quantitative estimate of drug-likeness (QED) is 0.117. The van der Waals surface area contributed by atoms with Gasteiger partial charge in [-0.25, -0.2) is 15.0 Å². The van der Waals surface area contributed by atoms with Gasteiger partial charge >= 0.3 is 0 Å². The largest absolute Gasteiger partial charge is 0.497 e. The first kappa shape index (κ1) is 37.1. The van der Waals surface area contributed by atoms with Gasteiger partial charge in [-0.05, 0) is 58.7 Å². The van der Waals surface area contributed by atoms with E-state index >= 15 is 0 Å². The number of carbonyl (C=O) groups excluding carboxylic acids is 2. The lowest BCUT2D eigenvalue weighted by atomic mass is 9.80. The van der Waals surface area contributed by atoms with Crippen LogP contribution in [0.1, 0.15) is 45.3 Å². The van der Waals surface area contributed by atoms with Crippen molar-refractivity contribution in [3.63, 3.8) is 0 Å². The number of anilines is 1. The first-order valence-electron chi connectivity index (χ1n) is 17.6. The van der Waals surface area contributed by atoms with Gasteiger partial charge in [-0.2, -0.15) is 0 Å². The van der Waals surface area contributed by atoms with E-state index in [1.807, 2.05) is 78.9 Å². The minimum atomic E-state index is -1.10. The predicted molar refractivity (Wildman–Crippen MR) is 201 cm³/mol. The van der Waals surface area contributed by atoms with E-state index in [-0.39, 0.29) is 25.4 Å². The zero-order valence-electron chi connectivity index (χ0n) is 30.2. The first-order chi connectivity index (χ1) is 26.8. The highest BCUT2D eigenvalue weighted by Gasteiger charge is 2.42. The summed E-state index contributed by atoms with van der Waals surface area (Å²) in [5.41, 5.74) is 3.36. The molecular formula is C41H40N6O8. The molecule has 4 N–H and O–H groups in total.